The first-order valence-electron chi connectivity index (χ1n) is 12.2. The predicted octanol–water partition coefficient (Wildman–Crippen LogP) is 5.19. The van der Waals surface area contributed by atoms with Gasteiger partial charge in [0.2, 0.25) is 10.0 Å². The smallest absolute Gasteiger partial charge is 0.475 e. The van der Waals surface area contributed by atoms with E-state index in [2.05, 4.69) is 36.1 Å². The van der Waals surface area contributed by atoms with Crippen molar-refractivity contribution in [2.75, 3.05) is 26.2 Å². The fraction of sp³-hybridized carbons (Fsp3) is 0.500. The summed E-state index contributed by atoms with van der Waals surface area (Å²) in [6.45, 7) is 5.93. The molecule has 2 saturated heterocycles. The third-order valence-corrected chi connectivity index (χ3v) is 8.59. The highest BCUT2D eigenvalue weighted by atomic mass is 32.2. The number of carboxylic acid groups (broad SMARTS) is 1. The van der Waals surface area contributed by atoms with Crippen molar-refractivity contribution in [1.82, 2.24) is 9.21 Å². The quantitative estimate of drug-likeness (QED) is 0.561. The van der Waals surface area contributed by atoms with Crippen LogP contribution in [0.3, 0.4) is 0 Å². The Morgan fingerprint density at radius 1 is 0.972 bits per heavy atom. The second-order valence-electron chi connectivity index (χ2n) is 9.27. The van der Waals surface area contributed by atoms with Gasteiger partial charge in [-0.25, -0.2) is 13.2 Å². The van der Waals surface area contributed by atoms with Crippen LogP contribution >= 0.6 is 0 Å². The summed E-state index contributed by atoms with van der Waals surface area (Å²) in [5.41, 5.74) is 3.37. The fourth-order valence-corrected chi connectivity index (χ4v) is 6.12. The summed E-state index contributed by atoms with van der Waals surface area (Å²) in [4.78, 5) is 11.9. The number of hydrogen-bond donors (Lipinski definition) is 1. The lowest BCUT2D eigenvalue weighted by molar-refractivity contribution is -0.192. The number of sulfonamides is 1. The van der Waals surface area contributed by atoms with E-state index in [4.69, 9.17) is 9.90 Å². The minimum absolute atomic E-state index is 0.406. The van der Waals surface area contributed by atoms with Gasteiger partial charge < -0.3 is 10.0 Å². The van der Waals surface area contributed by atoms with Gasteiger partial charge in [0.1, 0.15) is 0 Å². The fourth-order valence-electron chi connectivity index (χ4n) is 4.55. The lowest BCUT2D eigenvalue weighted by Crippen LogP contribution is -2.35. The number of benzene rings is 2. The van der Waals surface area contributed by atoms with E-state index in [1.807, 2.05) is 18.2 Å². The SMILES string of the molecule is C[C@@H]1CCCN1CCc1ccc(-c2cccc(S(=O)(=O)N3CCCCC3)c2)cc1.O=C(O)C(F)(F)F. The number of nitrogens with zero attached hydrogens (tertiary/aromatic N) is 2. The predicted molar refractivity (Wildman–Crippen MR) is 132 cm³/mol. The molecule has 36 heavy (non-hydrogen) atoms. The zero-order chi connectivity index (χ0) is 26.3. The third-order valence-electron chi connectivity index (χ3n) is 6.69. The van der Waals surface area contributed by atoms with Gasteiger partial charge in [-0.2, -0.15) is 17.5 Å². The Bertz CT molecular complexity index is 1110. The molecule has 0 spiro atoms. The zero-order valence-electron chi connectivity index (χ0n) is 20.4. The van der Waals surface area contributed by atoms with Crippen LogP contribution in [0, 0.1) is 0 Å². The van der Waals surface area contributed by atoms with Gasteiger partial charge in [0, 0.05) is 25.7 Å². The Kier molecular flexibility index (Phi) is 9.54. The Labute approximate surface area is 210 Å². The summed E-state index contributed by atoms with van der Waals surface area (Å²) in [5.74, 6) is -2.76. The Morgan fingerprint density at radius 3 is 2.17 bits per heavy atom. The maximum atomic E-state index is 13.0. The van der Waals surface area contributed by atoms with Crippen molar-refractivity contribution < 1.29 is 31.5 Å². The Morgan fingerprint density at radius 2 is 1.61 bits per heavy atom. The Balaban J connectivity index is 0.000000454. The summed E-state index contributed by atoms with van der Waals surface area (Å²) >= 11 is 0. The summed E-state index contributed by atoms with van der Waals surface area (Å²) < 4.78 is 59.3. The molecular formula is C26H33F3N2O4S. The molecule has 2 fully saturated rings. The molecular weight excluding hydrogens is 493 g/mol. The maximum Gasteiger partial charge on any atom is 0.490 e. The first kappa shape index (κ1) is 28.1. The Hall–Kier alpha value is -2.43. The van der Waals surface area contributed by atoms with Crippen LogP contribution in [0.5, 0.6) is 0 Å². The largest absolute Gasteiger partial charge is 0.490 e. The molecule has 0 amide bonds. The van der Waals surface area contributed by atoms with Crippen molar-refractivity contribution in [1.29, 1.82) is 0 Å². The lowest BCUT2D eigenvalue weighted by atomic mass is 10.0. The molecule has 2 aliphatic rings. The topological polar surface area (TPSA) is 77.9 Å². The van der Waals surface area contributed by atoms with Crippen LogP contribution in [-0.2, 0) is 21.2 Å². The van der Waals surface area contributed by atoms with E-state index in [9.17, 15) is 21.6 Å². The van der Waals surface area contributed by atoms with Gasteiger partial charge >= 0.3 is 12.1 Å². The second kappa shape index (κ2) is 12.2. The first-order valence-corrected chi connectivity index (χ1v) is 13.7. The number of alkyl halides is 3. The van der Waals surface area contributed by atoms with Crippen LogP contribution in [0.2, 0.25) is 0 Å². The van der Waals surface area contributed by atoms with Crippen molar-refractivity contribution >= 4 is 16.0 Å². The minimum Gasteiger partial charge on any atom is -0.475 e. The highest BCUT2D eigenvalue weighted by Crippen LogP contribution is 2.26. The molecule has 2 heterocycles. The number of carbonyl (C=O) groups is 1. The highest BCUT2D eigenvalue weighted by Gasteiger charge is 2.38. The van der Waals surface area contributed by atoms with E-state index >= 15 is 0 Å². The number of rotatable bonds is 6. The second-order valence-corrected chi connectivity index (χ2v) is 11.2. The number of aliphatic carboxylic acids is 1. The van der Waals surface area contributed by atoms with Crippen LogP contribution in [0.1, 0.15) is 44.6 Å². The van der Waals surface area contributed by atoms with Gasteiger partial charge in [-0.05, 0) is 74.4 Å². The number of piperidine rings is 1. The van der Waals surface area contributed by atoms with Crippen LogP contribution < -0.4 is 0 Å². The van der Waals surface area contributed by atoms with Crippen molar-refractivity contribution in [3.8, 4) is 11.1 Å². The van der Waals surface area contributed by atoms with Crippen LogP contribution in [0.4, 0.5) is 13.2 Å². The van der Waals surface area contributed by atoms with Crippen LogP contribution in [0.15, 0.2) is 53.4 Å². The molecule has 0 unspecified atom stereocenters. The number of hydrogen-bond acceptors (Lipinski definition) is 4. The van der Waals surface area contributed by atoms with Crippen molar-refractivity contribution in [3.05, 3.63) is 54.1 Å². The molecule has 1 atom stereocenters. The summed E-state index contributed by atoms with van der Waals surface area (Å²) in [5, 5.41) is 7.12. The molecule has 0 aromatic heterocycles. The average molecular weight is 527 g/mol. The molecule has 0 aliphatic carbocycles. The highest BCUT2D eigenvalue weighted by molar-refractivity contribution is 7.89. The molecule has 10 heteroatoms. The molecule has 6 nitrogen and oxygen atoms in total. The molecule has 0 saturated carbocycles. The van der Waals surface area contributed by atoms with Gasteiger partial charge in [-0.15, -0.1) is 0 Å². The van der Waals surface area contributed by atoms with Crippen LogP contribution in [0.25, 0.3) is 11.1 Å². The molecule has 0 bridgehead atoms. The molecule has 198 valence electrons. The van der Waals surface area contributed by atoms with Crippen molar-refractivity contribution in [2.45, 2.75) is 62.6 Å². The van der Waals surface area contributed by atoms with E-state index in [-0.39, 0.29) is 0 Å². The molecule has 2 aromatic carbocycles. The van der Waals surface area contributed by atoms with Gasteiger partial charge in [-0.3, -0.25) is 0 Å². The van der Waals surface area contributed by atoms with Crippen molar-refractivity contribution in [2.24, 2.45) is 0 Å². The normalized spacial score (nSPS) is 19.5. The lowest BCUT2D eigenvalue weighted by Gasteiger charge is -2.26. The van der Waals surface area contributed by atoms with E-state index < -0.39 is 22.2 Å². The number of carboxylic acids is 1. The van der Waals surface area contributed by atoms with Gasteiger partial charge in [0.25, 0.3) is 0 Å². The summed E-state index contributed by atoms with van der Waals surface area (Å²) in [6.07, 6.45) is 1.64. The minimum atomic E-state index is -5.08. The van der Waals surface area contributed by atoms with E-state index in [0.717, 1.165) is 43.4 Å². The monoisotopic (exact) mass is 526 g/mol. The third kappa shape index (κ3) is 7.54. The average Bonchev–Trinajstić information content (AvgIpc) is 3.28. The molecule has 2 aliphatic heterocycles. The van der Waals surface area contributed by atoms with Gasteiger partial charge in [-0.1, -0.05) is 42.8 Å². The molecule has 1 N–H and O–H groups in total. The summed E-state index contributed by atoms with van der Waals surface area (Å²) in [6, 6.07) is 16.7. The molecule has 2 aromatic rings. The van der Waals surface area contributed by atoms with Gasteiger partial charge in [0.15, 0.2) is 0 Å². The standard InChI is InChI=1S/C24H32N2O2S.C2HF3O2/c1-20-7-6-15-25(20)18-14-21-10-12-22(13-11-21)23-8-5-9-24(19-23)29(27,28)26-16-3-2-4-17-26;3-2(4,5)1(6)7/h5,8-13,19-20H,2-4,6-7,14-18H2,1H3;(H,6,7)/t20-;/m1./s1. The van der Waals surface area contributed by atoms with E-state index in [1.54, 1.807) is 10.4 Å². The summed E-state index contributed by atoms with van der Waals surface area (Å²) in [7, 11) is -3.40. The zero-order valence-corrected chi connectivity index (χ0v) is 21.2. The van der Waals surface area contributed by atoms with Gasteiger partial charge in [0.05, 0.1) is 4.90 Å². The van der Waals surface area contributed by atoms with Crippen LogP contribution in [-0.4, -0.2) is 67.1 Å². The van der Waals surface area contributed by atoms with Crippen molar-refractivity contribution in [3.63, 3.8) is 0 Å². The number of likely N-dealkylation sites (tertiary alicyclic amines) is 1. The molecule has 0 radical (unpaired) electrons. The van der Waals surface area contributed by atoms with E-state index in [1.165, 1.54) is 24.9 Å². The first-order chi connectivity index (χ1) is 17.0. The maximum absolute atomic E-state index is 13.0. The molecule has 4 rings (SSSR count). The number of halogens is 3. The van der Waals surface area contributed by atoms with E-state index in [0.29, 0.717) is 24.0 Å².